The molecule has 1 aliphatic heterocycles. The van der Waals surface area contributed by atoms with Gasteiger partial charge in [-0.2, -0.15) is 0 Å². The number of ether oxygens (including phenoxy) is 3. The maximum absolute atomic E-state index is 14.0. The van der Waals surface area contributed by atoms with E-state index in [1.165, 1.54) is 42.6 Å². The van der Waals surface area contributed by atoms with Crippen molar-refractivity contribution >= 4 is 35.0 Å². The smallest absolute Gasteiger partial charge is 0.338 e. The van der Waals surface area contributed by atoms with Crippen molar-refractivity contribution in [2.45, 2.75) is 58.9 Å². The van der Waals surface area contributed by atoms with Crippen LogP contribution in [0.2, 0.25) is 5.02 Å². The van der Waals surface area contributed by atoms with E-state index in [2.05, 4.69) is 24.0 Å². The molecule has 0 radical (unpaired) electrons. The van der Waals surface area contributed by atoms with Crippen molar-refractivity contribution in [3.05, 3.63) is 125 Å². The van der Waals surface area contributed by atoms with Crippen LogP contribution in [0.1, 0.15) is 69.2 Å². The van der Waals surface area contributed by atoms with Gasteiger partial charge in [0, 0.05) is 10.6 Å². The molecule has 0 amide bonds. The molecule has 0 spiro atoms. The number of halogens is 1. The van der Waals surface area contributed by atoms with Crippen LogP contribution in [0.25, 0.3) is 6.08 Å². The van der Waals surface area contributed by atoms with Crippen molar-refractivity contribution in [3.8, 4) is 11.5 Å². The summed E-state index contributed by atoms with van der Waals surface area (Å²) < 4.78 is 19.4. The van der Waals surface area contributed by atoms with Crippen molar-refractivity contribution in [2.75, 3.05) is 19.8 Å². The quantitative estimate of drug-likeness (QED) is 0.107. The predicted molar refractivity (Wildman–Crippen MR) is 184 cm³/mol. The first kappa shape index (κ1) is 33.2. The Morgan fingerprint density at radius 2 is 1.70 bits per heavy atom. The molecule has 1 aromatic heterocycles. The summed E-state index contributed by atoms with van der Waals surface area (Å²) in [6.45, 7) is 6.66. The van der Waals surface area contributed by atoms with Gasteiger partial charge in [0.2, 0.25) is 0 Å². The number of allylic oxidation sites excluding steroid dienone is 1. The summed E-state index contributed by atoms with van der Waals surface area (Å²) in [5, 5.41) is 0.558. The number of fused-ring (bicyclic) bond motifs is 1. The van der Waals surface area contributed by atoms with Gasteiger partial charge in [-0.05, 0) is 74.2 Å². The molecule has 7 nitrogen and oxygen atoms in total. The minimum absolute atomic E-state index is 0.209. The highest BCUT2D eigenvalue weighted by Gasteiger charge is 2.33. The number of carbonyl (C=O) groups is 1. The zero-order valence-corrected chi connectivity index (χ0v) is 28.0. The summed E-state index contributed by atoms with van der Waals surface area (Å²) in [6.07, 6.45) is 7.89. The van der Waals surface area contributed by atoms with Crippen LogP contribution >= 0.6 is 22.9 Å². The molecular formula is C37H39ClN2O5S. The summed E-state index contributed by atoms with van der Waals surface area (Å²) in [5.41, 5.74) is 3.39. The van der Waals surface area contributed by atoms with Gasteiger partial charge in [-0.15, -0.1) is 0 Å². The van der Waals surface area contributed by atoms with Crippen LogP contribution < -0.4 is 24.4 Å². The number of nitrogens with zero attached hydrogens (tertiary/aromatic N) is 2. The Bertz CT molecular complexity index is 1860. The minimum Gasteiger partial charge on any atom is -0.490 e. The highest BCUT2D eigenvalue weighted by atomic mass is 35.5. The van der Waals surface area contributed by atoms with Gasteiger partial charge in [0.15, 0.2) is 4.80 Å². The molecule has 5 rings (SSSR count). The van der Waals surface area contributed by atoms with Crippen LogP contribution in [0.3, 0.4) is 0 Å². The normalized spacial score (nSPS) is 14.5. The highest BCUT2D eigenvalue weighted by Crippen LogP contribution is 2.31. The van der Waals surface area contributed by atoms with Crippen molar-refractivity contribution in [1.82, 2.24) is 4.57 Å². The number of rotatable bonds is 14. The molecule has 9 heteroatoms. The molecule has 4 aromatic rings. The number of esters is 1. The van der Waals surface area contributed by atoms with Crippen LogP contribution in [-0.4, -0.2) is 30.4 Å². The number of para-hydroxylation sites is 1. The van der Waals surface area contributed by atoms with Gasteiger partial charge >= 0.3 is 5.97 Å². The molecule has 1 atom stereocenters. The lowest BCUT2D eigenvalue weighted by Gasteiger charge is -2.24. The van der Waals surface area contributed by atoms with Crippen LogP contribution in [0.15, 0.2) is 93.9 Å². The largest absolute Gasteiger partial charge is 0.490 e. The minimum atomic E-state index is -0.700. The van der Waals surface area contributed by atoms with E-state index in [1.54, 1.807) is 30.5 Å². The summed E-state index contributed by atoms with van der Waals surface area (Å²) >= 11 is 7.43. The van der Waals surface area contributed by atoms with Crippen molar-refractivity contribution in [3.63, 3.8) is 0 Å². The van der Waals surface area contributed by atoms with Crippen LogP contribution in [0.4, 0.5) is 0 Å². The Morgan fingerprint density at radius 3 is 2.43 bits per heavy atom. The van der Waals surface area contributed by atoms with Gasteiger partial charge in [0.1, 0.15) is 24.7 Å². The standard InChI is InChI=1S/C37H39ClN2O5S/c1-4-6-7-8-11-26-14-20-30(21-15-26)44-22-23-45-31-13-10-9-12-28(31)24-32-35(41)40-34(27-16-18-29(38)19-17-27)33(36(42)43-5-2)25(3)39-37(40)46-32/h9-10,12-21,24,34H,4-8,11,22-23H2,1-3H3/b32-24-/t34-/m0/s1. The first-order valence-electron chi connectivity index (χ1n) is 15.8. The van der Waals surface area contributed by atoms with Gasteiger partial charge in [-0.25, -0.2) is 9.79 Å². The van der Waals surface area contributed by atoms with E-state index >= 15 is 0 Å². The van der Waals surface area contributed by atoms with E-state index in [1.807, 2.05) is 54.6 Å². The number of hydrogen-bond acceptors (Lipinski definition) is 7. The summed E-state index contributed by atoms with van der Waals surface area (Å²) in [6, 6.07) is 22.3. The number of aromatic nitrogens is 1. The van der Waals surface area contributed by atoms with E-state index in [0.717, 1.165) is 23.3 Å². The number of carbonyl (C=O) groups excluding carboxylic acids is 1. The average molecular weight is 659 g/mol. The summed E-state index contributed by atoms with van der Waals surface area (Å²) in [4.78, 5) is 32.2. The van der Waals surface area contributed by atoms with Gasteiger partial charge in [-0.3, -0.25) is 9.36 Å². The number of hydrogen-bond donors (Lipinski definition) is 0. The van der Waals surface area contributed by atoms with Crippen LogP contribution in [0.5, 0.6) is 11.5 Å². The van der Waals surface area contributed by atoms with E-state index in [-0.39, 0.29) is 12.2 Å². The van der Waals surface area contributed by atoms with Crippen molar-refractivity contribution < 1.29 is 19.0 Å². The third-order valence-corrected chi connectivity index (χ3v) is 9.00. The monoisotopic (exact) mass is 658 g/mol. The van der Waals surface area contributed by atoms with E-state index in [0.29, 0.717) is 44.6 Å². The second-order valence-corrected chi connectivity index (χ2v) is 12.5. The number of benzene rings is 3. The fourth-order valence-electron chi connectivity index (χ4n) is 5.44. The molecule has 0 bridgehead atoms. The molecule has 1 aliphatic rings. The fraction of sp³-hybridized carbons (Fsp3) is 0.324. The maximum atomic E-state index is 14.0. The van der Waals surface area contributed by atoms with Crippen molar-refractivity contribution in [2.24, 2.45) is 4.99 Å². The van der Waals surface area contributed by atoms with E-state index in [9.17, 15) is 9.59 Å². The van der Waals surface area contributed by atoms with Crippen molar-refractivity contribution in [1.29, 1.82) is 0 Å². The van der Waals surface area contributed by atoms with Crippen LogP contribution in [0, 0.1) is 0 Å². The zero-order chi connectivity index (χ0) is 32.5. The molecule has 3 aromatic carbocycles. The molecule has 240 valence electrons. The molecule has 0 unspecified atom stereocenters. The van der Waals surface area contributed by atoms with Gasteiger partial charge in [0.25, 0.3) is 5.56 Å². The molecule has 2 heterocycles. The Hall–Kier alpha value is -4.14. The lowest BCUT2D eigenvalue weighted by Crippen LogP contribution is -2.39. The number of aryl methyl sites for hydroxylation is 1. The highest BCUT2D eigenvalue weighted by molar-refractivity contribution is 7.07. The van der Waals surface area contributed by atoms with E-state index in [4.69, 9.17) is 25.8 Å². The third-order valence-electron chi connectivity index (χ3n) is 7.76. The first-order chi connectivity index (χ1) is 22.4. The Kier molecular flexibility index (Phi) is 11.5. The van der Waals surface area contributed by atoms with Gasteiger partial charge < -0.3 is 14.2 Å². The maximum Gasteiger partial charge on any atom is 0.338 e. The lowest BCUT2D eigenvalue weighted by molar-refractivity contribution is -0.139. The lowest BCUT2D eigenvalue weighted by atomic mass is 9.96. The average Bonchev–Trinajstić information content (AvgIpc) is 3.36. The SMILES string of the molecule is CCCCCCc1ccc(OCCOc2ccccc2/C=c2\sc3n(c2=O)[C@@H](c2ccc(Cl)cc2)C(C(=O)OCC)=C(C)N=3)cc1. The molecule has 0 saturated carbocycles. The second-order valence-electron chi connectivity index (χ2n) is 11.0. The topological polar surface area (TPSA) is 79.1 Å². The van der Waals surface area contributed by atoms with Gasteiger partial charge in [0.05, 0.1) is 28.5 Å². The first-order valence-corrected chi connectivity index (χ1v) is 17.0. The fourth-order valence-corrected chi connectivity index (χ4v) is 6.61. The molecule has 0 saturated heterocycles. The van der Waals surface area contributed by atoms with E-state index < -0.39 is 12.0 Å². The zero-order valence-electron chi connectivity index (χ0n) is 26.5. The Morgan fingerprint density at radius 1 is 0.957 bits per heavy atom. The third kappa shape index (κ3) is 7.98. The molecule has 46 heavy (non-hydrogen) atoms. The number of thiazole rings is 1. The molecule has 0 N–H and O–H groups in total. The molecule has 0 fully saturated rings. The predicted octanol–water partition coefficient (Wildman–Crippen LogP) is 7.03. The van der Waals surface area contributed by atoms with Gasteiger partial charge in [-0.1, -0.05) is 91.6 Å². The Labute approximate surface area is 278 Å². The molecular weight excluding hydrogens is 620 g/mol. The molecule has 0 aliphatic carbocycles. The second kappa shape index (κ2) is 15.9. The summed E-state index contributed by atoms with van der Waals surface area (Å²) in [7, 11) is 0. The van der Waals surface area contributed by atoms with Crippen LogP contribution in [-0.2, 0) is 16.0 Å². The number of unbranched alkanes of at least 4 members (excludes halogenated alkanes) is 3. The Balaban J connectivity index is 1.34. The summed E-state index contributed by atoms with van der Waals surface area (Å²) in [5.74, 6) is 0.942.